The molecule has 0 spiro atoms. The quantitative estimate of drug-likeness (QED) is 0.659. The van der Waals surface area contributed by atoms with Crippen molar-refractivity contribution >= 4 is 17.7 Å². The van der Waals surface area contributed by atoms with Crippen LogP contribution in [0.25, 0.3) is 0 Å². The van der Waals surface area contributed by atoms with E-state index in [0.717, 1.165) is 4.90 Å². The molecule has 1 atom stereocenters. The molecule has 0 saturated carbocycles. The maximum Gasteiger partial charge on any atom is 0.411 e. The van der Waals surface area contributed by atoms with E-state index >= 15 is 0 Å². The highest BCUT2D eigenvalue weighted by Gasteiger charge is 2.29. The molecule has 0 aliphatic rings. The van der Waals surface area contributed by atoms with E-state index in [1.807, 2.05) is 0 Å². The van der Waals surface area contributed by atoms with Gasteiger partial charge in [0.1, 0.15) is 11.6 Å². The number of carboxylic acids is 1. The Labute approximate surface area is 136 Å². The molecule has 3 N–H and O–H groups in total. The number of benzene rings is 1. The molecule has 6 nitrogen and oxygen atoms in total. The zero-order chi connectivity index (χ0) is 17.6. The van der Waals surface area contributed by atoms with Gasteiger partial charge in [0.25, 0.3) is 0 Å². The summed E-state index contributed by atoms with van der Waals surface area (Å²) in [7, 11) is 0. The van der Waals surface area contributed by atoms with Crippen LogP contribution in [-0.2, 0) is 9.53 Å². The molecular formula is C17H22N2O4. The van der Waals surface area contributed by atoms with Gasteiger partial charge in [-0.05, 0) is 39.8 Å². The molecular weight excluding hydrogens is 296 g/mol. The van der Waals surface area contributed by atoms with E-state index in [1.54, 1.807) is 45.0 Å². The summed E-state index contributed by atoms with van der Waals surface area (Å²) in [6.07, 6.45) is -0.720. The number of nitrogen functional groups attached to an aromatic ring is 1. The number of carbonyl (C=O) groups excluding carboxylic acids is 1. The van der Waals surface area contributed by atoms with Gasteiger partial charge in [-0.3, -0.25) is 4.90 Å². The fraction of sp³-hybridized carbons (Fsp3) is 0.412. The lowest BCUT2D eigenvalue weighted by molar-refractivity contribution is -0.142. The van der Waals surface area contributed by atoms with Gasteiger partial charge in [-0.25, -0.2) is 9.59 Å². The monoisotopic (exact) mass is 318 g/mol. The molecule has 0 saturated heterocycles. The van der Waals surface area contributed by atoms with Crippen molar-refractivity contribution in [2.24, 2.45) is 0 Å². The molecule has 0 heterocycles. The molecule has 1 rings (SSSR count). The van der Waals surface area contributed by atoms with Crippen LogP contribution in [0.2, 0.25) is 0 Å². The largest absolute Gasteiger partial charge is 0.480 e. The van der Waals surface area contributed by atoms with E-state index in [9.17, 15) is 9.59 Å². The second-order valence-corrected chi connectivity index (χ2v) is 6.01. The Morgan fingerprint density at radius 1 is 1.35 bits per heavy atom. The van der Waals surface area contributed by atoms with E-state index in [0.29, 0.717) is 11.3 Å². The standard InChI is InChI=1S/C17H22N2O4/c1-12(15(20)21)19(16(22)23-17(2,3)4)11-7-9-13-8-5-6-10-14(13)18/h5-6,8,10,12H,11,18H2,1-4H3,(H,20,21)/t12-/m0/s1. The van der Waals surface area contributed by atoms with Crippen molar-refractivity contribution < 1.29 is 19.4 Å². The Morgan fingerprint density at radius 3 is 2.48 bits per heavy atom. The predicted octanol–water partition coefficient (Wildman–Crippen LogP) is 2.33. The van der Waals surface area contributed by atoms with Gasteiger partial charge in [-0.15, -0.1) is 0 Å². The fourth-order valence-corrected chi connectivity index (χ4v) is 1.64. The maximum atomic E-state index is 12.2. The number of rotatable bonds is 3. The Kier molecular flexibility index (Phi) is 6.02. The second-order valence-electron chi connectivity index (χ2n) is 6.01. The Morgan fingerprint density at radius 2 is 1.96 bits per heavy atom. The summed E-state index contributed by atoms with van der Waals surface area (Å²) in [4.78, 5) is 24.4. The molecule has 1 aromatic rings. The average molecular weight is 318 g/mol. The van der Waals surface area contributed by atoms with Crippen LogP contribution < -0.4 is 5.73 Å². The number of hydrogen-bond donors (Lipinski definition) is 2. The normalized spacial score (nSPS) is 11.8. The summed E-state index contributed by atoms with van der Waals surface area (Å²) in [6, 6.07) is 6.01. The van der Waals surface area contributed by atoms with Gasteiger partial charge >= 0.3 is 12.1 Å². The number of hydrogen-bond acceptors (Lipinski definition) is 4. The first-order chi connectivity index (χ1) is 10.6. The topological polar surface area (TPSA) is 92.9 Å². The zero-order valence-corrected chi connectivity index (χ0v) is 13.8. The van der Waals surface area contributed by atoms with Crippen molar-refractivity contribution in [2.75, 3.05) is 12.3 Å². The first-order valence-electron chi connectivity index (χ1n) is 7.17. The van der Waals surface area contributed by atoms with Gasteiger partial charge < -0.3 is 15.6 Å². The molecule has 1 amide bonds. The minimum absolute atomic E-state index is 0.0727. The third-order valence-corrected chi connectivity index (χ3v) is 2.89. The van der Waals surface area contributed by atoms with Crippen molar-refractivity contribution in [2.45, 2.75) is 39.3 Å². The number of para-hydroxylation sites is 1. The highest BCUT2D eigenvalue weighted by molar-refractivity contribution is 5.80. The number of nitrogens with two attached hydrogens (primary N) is 1. The number of aliphatic carboxylic acids is 1. The summed E-state index contributed by atoms with van der Waals surface area (Å²) in [6.45, 7) is 6.47. The molecule has 0 aliphatic heterocycles. The van der Waals surface area contributed by atoms with Gasteiger partial charge in [0.15, 0.2) is 0 Å². The molecule has 0 bridgehead atoms. The summed E-state index contributed by atoms with van der Waals surface area (Å²) >= 11 is 0. The first-order valence-corrected chi connectivity index (χ1v) is 7.17. The van der Waals surface area contributed by atoms with E-state index in [2.05, 4.69) is 11.8 Å². The van der Waals surface area contributed by atoms with Gasteiger partial charge in [0.2, 0.25) is 0 Å². The molecule has 0 radical (unpaired) electrons. The molecule has 0 aromatic heterocycles. The fourth-order valence-electron chi connectivity index (χ4n) is 1.64. The molecule has 0 unspecified atom stereocenters. The third kappa shape index (κ3) is 5.91. The van der Waals surface area contributed by atoms with Crippen LogP contribution in [0.15, 0.2) is 24.3 Å². The minimum atomic E-state index is -1.13. The predicted molar refractivity (Wildman–Crippen MR) is 87.8 cm³/mol. The average Bonchev–Trinajstić information content (AvgIpc) is 2.42. The Bertz CT molecular complexity index is 638. The van der Waals surface area contributed by atoms with Crippen molar-refractivity contribution in [1.29, 1.82) is 0 Å². The number of anilines is 1. The third-order valence-electron chi connectivity index (χ3n) is 2.89. The Balaban J connectivity index is 2.93. The molecule has 0 fully saturated rings. The van der Waals surface area contributed by atoms with E-state index in [1.165, 1.54) is 6.92 Å². The lowest BCUT2D eigenvalue weighted by Crippen LogP contribution is -2.45. The van der Waals surface area contributed by atoms with Crippen molar-refractivity contribution in [3.8, 4) is 11.8 Å². The highest BCUT2D eigenvalue weighted by atomic mass is 16.6. The summed E-state index contributed by atoms with van der Waals surface area (Å²) in [5, 5.41) is 9.14. The highest BCUT2D eigenvalue weighted by Crippen LogP contribution is 2.12. The van der Waals surface area contributed by atoms with E-state index in [-0.39, 0.29) is 6.54 Å². The molecule has 6 heteroatoms. The number of carbonyl (C=O) groups is 2. The van der Waals surface area contributed by atoms with Gasteiger partial charge in [0, 0.05) is 11.3 Å². The van der Waals surface area contributed by atoms with Gasteiger partial charge in [0.05, 0.1) is 6.54 Å². The molecule has 23 heavy (non-hydrogen) atoms. The van der Waals surface area contributed by atoms with Crippen LogP contribution in [-0.4, -0.2) is 40.3 Å². The summed E-state index contributed by atoms with van der Waals surface area (Å²) in [5.74, 6) is 4.49. The lowest BCUT2D eigenvalue weighted by Gasteiger charge is -2.28. The van der Waals surface area contributed by atoms with Crippen LogP contribution >= 0.6 is 0 Å². The number of ether oxygens (including phenoxy) is 1. The van der Waals surface area contributed by atoms with E-state index in [4.69, 9.17) is 15.6 Å². The number of carboxylic acid groups (broad SMARTS) is 1. The van der Waals surface area contributed by atoms with Crippen LogP contribution in [0.5, 0.6) is 0 Å². The lowest BCUT2D eigenvalue weighted by atomic mass is 10.2. The van der Waals surface area contributed by atoms with Crippen LogP contribution in [0.1, 0.15) is 33.3 Å². The number of amides is 1. The number of nitrogens with zero attached hydrogens (tertiary/aromatic N) is 1. The summed E-state index contributed by atoms with van der Waals surface area (Å²) < 4.78 is 5.23. The zero-order valence-electron chi connectivity index (χ0n) is 13.8. The smallest absolute Gasteiger partial charge is 0.411 e. The van der Waals surface area contributed by atoms with Crippen LogP contribution in [0.3, 0.4) is 0 Å². The van der Waals surface area contributed by atoms with Crippen molar-refractivity contribution in [3.05, 3.63) is 29.8 Å². The molecule has 1 aromatic carbocycles. The summed E-state index contributed by atoms with van der Waals surface area (Å²) in [5.41, 5.74) is 6.22. The Hall–Kier alpha value is -2.68. The second kappa shape index (κ2) is 7.54. The first kappa shape index (κ1) is 18.4. The molecule has 124 valence electrons. The van der Waals surface area contributed by atoms with Crippen LogP contribution in [0, 0.1) is 11.8 Å². The molecule has 0 aliphatic carbocycles. The maximum absolute atomic E-state index is 12.2. The van der Waals surface area contributed by atoms with Gasteiger partial charge in [-0.1, -0.05) is 24.0 Å². The van der Waals surface area contributed by atoms with Gasteiger partial charge in [-0.2, -0.15) is 0 Å². The minimum Gasteiger partial charge on any atom is -0.480 e. The van der Waals surface area contributed by atoms with Crippen LogP contribution in [0.4, 0.5) is 10.5 Å². The SMILES string of the molecule is C[C@@H](C(=O)O)N(CC#Cc1ccccc1N)C(=O)OC(C)(C)C. The van der Waals surface area contributed by atoms with Crippen molar-refractivity contribution in [3.63, 3.8) is 0 Å². The van der Waals surface area contributed by atoms with Crippen molar-refractivity contribution in [1.82, 2.24) is 4.90 Å². The van der Waals surface area contributed by atoms with E-state index < -0.39 is 23.7 Å².